The van der Waals surface area contributed by atoms with Gasteiger partial charge in [0, 0.05) is 24.1 Å². The highest BCUT2D eigenvalue weighted by Crippen LogP contribution is 2.18. The Morgan fingerprint density at radius 3 is 3.00 bits per heavy atom. The van der Waals surface area contributed by atoms with E-state index in [2.05, 4.69) is 15.6 Å². The van der Waals surface area contributed by atoms with Crippen molar-refractivity contribution in [3.63, 3.8) is 0 Å². The molecule has 2 rings (SSSR count). The van der Waals surface area contributed by atoms with E-state index in [1.807, 2.05) is 0 Å². The molecule has 0 aliphatic carbocycles. The average Bonchev–Trinajstić information content (AvgIpc) is 2.97. The predicted octanol–water partition coefficient (Wildman–Crippen LogP) is 0.186. The normalized spacial score (nSPS) is 22.7. The number of amides is 2. The number of carbonyl (C=O) groups is 2. The van der Waals surface area contributed by atoms with Crippen molar-refractivity contribution in [2.24, 2.45) is 0 Å². The Morgan fingerprint density at radius 1 is 1.61 bits per heavy atom. The molecule has 1 unspecified atom stereocenters. The lowest BCUT2D eigenvalue weighted by molar-refractivity contribution is -0.144. The van der Waals surface area contributed by atoms with Crippen molar-refractivity contribution < 1.29 is 19.4 Å². The fraction of sp³-hybridized carbons (Fsp3) is 0.500. The highest BCUT2D eigenvalue weighted by atomic mass is 32.1. The first-order valence-corrected chi connectivity index (χ1v) is 6.25. The van der Waals surface area contributed by atoms with Gasteiger partial charge in [0.2, 0.25) is 0 Å². The zero-order chi connectivity index (χ0) is 13.0. The van der Waals surface area contributed by atoms with Crippen molar-refractivity contribution in [1.29, 1.82) is 0 Å². The summed E-state index contributed by atoms with van der Waals surface area (Å²) in [5, 5.41) is 14.2. The van der Waals surface area contributed by atoms with E-state index >= 15 is 0 Å². The Hall–Kier alpha value is -1.67. The van der Waals surface area contributed by atoms with Crippen LogP contribution in [0, 0.1) is 0 Å². The molecular formula is C10H13N3O4S. The Bertz CT molecular complexity index is 428. The number of carboxylic acid groups (broad SMARTS) is 1. The lowest BCUT2D eigenvalue weighted by Gasteiger charge is -2.23. The van der Waals surface area contributed by atoms with Crippen molar-refractivity contribution in [3.05, 3.63) is 16.6 Å². The van der Waals surface area contributed by atoms with E-state index in [0.29, 0.717) is 13.2 Å². The van der Waals surface area contributed by atoms with Gasteiger partial charge in [-0.15, -0.1) is 11.3 Å². The zero-order valence-electron chi connectivity index (χ0n) is 9.51. The second-order valence-electron chi connectivity index (χ2n) is 3.97. The van der Waals surface area contributed by atoms with E-state index in [4.69, 9.17) is 9.84 Å². The molecule has 98 valence electrons. The molecule has 1 atom stereocenters. The molecule has 1 fully saturated rings. The molecule has 0 spiro atoms. The van der Waals surface area contributed by atoms with Crippen molar-refractivity contribution in [2.45, 2.75) is 18.5 Å². The van der Waals surface area contributed by atoms with Gasteiger partial charge in [0.15, 0.2) is 5.54 Å². The fourth-order valence-corrected chi connectivity index (χ4v) is 2.18. The number of hydrogen-bond acceptors (Lipinski definition) is 5. The Labute approximate surface area is 107 Å². The van der Waals surface area contributed by atoms with Crippen LogP contribution >= 0.6 is 11.3 Å². The molecule has 2 heterocycles. The second kappa shape index (κ2) is 5.32. The number of rotatable bonds is 4. The number of carboxylic acids is 1. The maximum absolute atomic E-state index is 11.6. The molecule has 3 N–H and O–H groups in total. The smallest absolute Gasteiger partial charge is 0.332 e. The molecule has 1 saturated heterocycles. The van der Waals surface area contributed by atoms with Crippen LogP contribution in [0.5, 0.6) is 0 Å². The fourth-order valence-electron chi connectivity index (χ4n) is 1.64. The third-order valence-corrected chi connectivity index (χ3v) is 3.47. The highest BCUT2D eigenvalue weighted by molar-refractivity contribution is 7.09. The molecule has 0 aromatic carbocycles. The van der Waals surface area contributed by atoms with E-state index in [9.17, 15) is 9.59 Å². The summed E-state index contributed by atoms with van der Waals surface area (Å²) in [5.41, 5.74) is 0.357. The van der Waals surface area contributed by atoms with Gasteiger partial charge < -0.3 is 20.5 Å². The summed E-state index contributed by atoms with van der Waals surface area (Å²) in [6.07, 6.45) is 1.92. The summed E-state index contributed by atoms with van der Waals surface area (Å²) in [6.45, 7) is 0.658. The molecule has 2 amide bonds. The van der Waals surface area contributed by atoms with Gasteiger partial charge in [-0.25, -0.2) is 9.59 Å². The summed E-state index contributed by atoms with van der Waals surface area (Å²) >= 11 is 1.42. The van der Waals surface area contributed by atoms with Crippen LogP contribution in [0.4, 0.5) is 4.79 Å². The molecule has 1 aromatic heterocycles. The maximum Gasteiger partial charge on any atom is 0.332 e. The zero-order valence-corrected chi connectivity index (χ0v) is 10.3. The van der Waals surface area contributed by atoms with E-state index in [1.165, 1.54) is 11.3 Å². The monoisotopic (exact) mass is 271 g/mol. The van der Waals surface area contributed by atoms with Crippen LogP contribution in [-0.2, 0) is 16.1 Å². The quantitative estimate of drug-likeness (QED) is 0.725. The molecule has 1 aliphatic rings. The van der Waals surface area contributed by atoms with Gasteiger partial charge in [-0.1, -0.05) is 0 Å². The SMILES string of the molecule is O=C(NCc1cncs1)NC1(C(=O)O)CCOC1. The second-order valence-corrected chi connectivity index (χ2v) is 4.94. The molecule has 8 heteroatoms. The van der Waals surface area contributed by atoms with Gasteiger partial charge >= 0.3 is 12.0 Å². The van der Waals surface area contributed by atoms with Crippen LogP contribution in [0.15, 0.2) is 11.7 Å². The number of aromatic nitrogens is 1. The number of thiazole rings is 1. The van der Waals surface area contributed by atoms with Crippen LogP contribution in [0.25, 0.3) is 0 Å². The Balaban J connectivity index is 1.88. The highest BCUT2D eigenvalue weighted by Gasteiger charge is 2.43. The van der Waals surface area contributed by atoms with Crippen LogP contribution in [0.2, 0.25) is 0 Å². The Kier molecular flexibility index (Phi) is 3.78. The third-order valence-electron chi connectivity index (χ3n) is 2.69. The van der Waals surface area contributed by atoms with Crippen molar-refractivity contribution in [1.82, 2.24) is 15.6 Å². The van der Waals surface area contributed by atoms with Gasteiger partial charge in [0.05, 0.1) is 18.7 Å². The first-order valence-electron chi connectivity index (χ1n) is 5.37. The minimum Gasteiger partial charge on any atom is -0.479 e. The van der Waals surface area contributed by atoms with Crippen LogP contribution in [0.1, 0.15) is 11.3 Å². The molecule has 7 nitrogen and oxygen atoms in total. The number of aliphatic carboxylic acids is 1. The number of nitrogens with one attached hydrogen (secondary N) is 2. The predicted molar refractivity (Wildman–Crippen MR) is 63.3 cm³/mol. The lowest BCUT2D eigenvalue weighted by Crippen LogP contribution is -2.57. The van der Waals surface area contributed by atoms with E-state index in [1.54, 1.807) is 11.7 Å². The number of carbonyl (C=O) groups excluding carboxylic acids is 1. The number of nitrogens with zero attached hydrogens (tertiary/aromatic N) is 1. The molecule has 0 radical (unpaired) electrons. The molecule has 0 bridgehead atoms. The minimum absolute atomic E-state index is 0.00366. The number of urea groups is 1. The summed E-state index contributed by atoms with van der Waals surface area (Å²) in [5.74, 6) is -1.08. The van der Waals surface area contributed by atoms with Crippen molar-refractivity contribution in [3.8, 4) is 0 Å². The standard InChI is InChI=1S/C10H13N3O4S/c14-8(15)10(1-2-17-5-10)13-9(16)12-4-7-3-11-6-18-7/h3,6H,1-2,4-5H2,(H,14,15)(H2,12,13,16). The van der Waals surface area contributed by atoms with Gasteiger partial charge in [-0.3, -0.25) is 4.98 Å². The van der Waals surface area contributed by atoms with E-state index < -0.39 is 17.5 Å². The van der Waals surface area contributed by atoms with Crippen LogP contribution in [-0.4, -0.2) is 40.8 Å². The van der Waals surface area contributed by atoms with Gasteiger partial charge in [-0.05, 0) is 0 Å². The topological polar surface area (TPSA) is 101 Å². The average molecular weight is 271 g/mol. The van der Waals surface area contributed by atoms with Crippen LogP contribution in [0.3, 0.4) is 0 Å². The maximum atomic E-state index is 11.6. The largest absolute Gasteiger partial charge is 0.479 e. The summed E-state index contributed by atoms with van der Waals surface area (Å²) < 4.78 is 5.04. The molecule has 0 saturated carbocycles. The molecule has 1 aromatic rings. The van der Waals surface area contributed by atoms with Gasteiger partial charge in [0.25, 0.3) is 0 Å². The molecule has 1 aliphatic heterocycles. The lowest BCUT2D eigenvalue weighted by atomic mass is 9.99. The third kappa shape index (κ3) is 2.77. The Morgan fingerprint density at radius 2 is 2.44 bits per heavy atom. The van der Waals surface area contributed by atoms with Gasteiger partial charge in [-0.2, -0.15) is 0 Å². The summed E-state index contributed by atoms with van der Waals surface area (Å²) in [4.78, 5) is 27.6. The van der Waals surface area contributed by atoms with E-state index in [-0.39, 0.29) is 13.0 Å². The number of ether oxygens (including phenoxy) is 1. The van der Waals surface area contributed by atoms with Crippen molar-refractivity contribution in [2.75, 3.05) is 13.2 Å². The van der Waals surface area contributed by atoms with Crippen LogP contribution < -0.4 is 10.6 Å². The van der Waals surface area contributed by atoms with Gasteiger partial charge in [0.1, 0.15) is 0 Å². The van der Waals surface area contributed by atoms with E-state index in [0.717, 1.165) is 4.88 Å². The first-order chi connectivity index (χ1) is 8.62. The molecular weight excluding hydrogens is 258 g/mol. The number of hydrogen-bond donors (Lipinski definition) is 3. The summed E-state index contributed by atoms with van der Waals surface area (Å²) in [7, 11) is 0. The van der Waals surface area contributed by atoms with Crippen molar-refractivity contribution >= 4 is 23.3 Å². The molecule has 18 heavy (non-hydrogen) atoms. The minimum atomic E-state index is -1.31. The first kappa shape index (κ1) is 12.8. The summed E-state index contributed by atoms with van der Waals surface area (Å²) in [6, 6.07) is -0.517.